The highest BCUT2D eigenvalue weighted by atomic mass is 32.2. The summed E-state index contributed by atoms with van der Waals surface area (Å²) in [5.74, 6) is -0.394. The largest absolute Gasteiger partial charge is 0.392 e. The van der Waals surface area contributed by atoms with Gasteiger partial charge in [0.15, 0.2) is 5.12 Å². The smallest absolute Gasteiger partial charge is 0.216 e. The summed E-state index contributed by atoms with van der Waals surface area (Å²) in [6.07, 6.45) is -1.48. The molecule has 0 heterocycles. The molecule has 0 saturated heterocycles. The summed E-state index contributed by atoms with van der Waals surface area (Å²) in [6, 6.07) is 0. The first-order valence-electron chi connectivity index (χ1n) is 5.44. The molecule has 1 amide bonds. The number of hydrogen-bond acceptors (Lipinski definition) is 4. The molecule has 0 rings (SSSR count). The maximum Gasteiger partial charge on any atom is 0.216 e. The maximum atomic E-state index is 11.6. The van der Waals surface area contributed by atoms with Gasteiger partial charge in [-0.2, -0.15) is 0 Å². The molecule has 0 aliphatic carbocycles. The minimum Gasteiger partial charge on any atom is -0.392 e. The Labute approximate surface area is 96.2 Å². The maximum absolute atomic E-state index is 11.6. The van der Waals surface area contributed by atoms with Crippen LogP contribution in [0.4, 0.5) is 0 Å². The predicted octanol–water partition coefficient (Wildman–Crippen LogP) is 0.789. The molecule has 0 spiro atoms. The molecule has 0 fully saturated rings. The molecule has 0 bridgehead atoms. The number of aliphatic hydroxyl groups is 1. The van der Waals surface area contributed by atoms with Crippen LogP contribution in [0.2, 0.25) is 0 Å². The highest BCUT2D eigenvalue weighted by molar-refractivity contribution is 8.13. The van der Waals surface area contributed by atoms with Crippen molar-refractivity contribution in [2.24, 2.45) is 5.92 Å². The van der Waals surface area contributed by atoms with E-state index < -0.39 is 12.0 Å². The average Bonchev–Trinajstić information content (AvgIpc) is 2.22. The van der Waals surface area contributed by atoms with E-state index in [0.717, 1.165) is 11.8 Å². The Morgan fingerprint density at radius 3 is 2.67 bits per heavy atom. The monoisotopic (exact) mass is 236 g/mol. The molecular weight excluding hydrogens is 216 g/mol. The van der Waals surface area contributed by atoms with Gasteiger partial charge in [-0.3, -0.25) is 9.59 Å². The molecule has 15 heavy (non-hydrogen) atoms. The van der Waals surface area contributed by atoms with E-state index in [1.165, 1.54) is 6.92 Å². The highest BCUT2D eigenvalue weighted by Crippen LogP contribution is 2.15. The van der Waals surface area contributed by atoms with Crippen molar-refractivity contribution in [2.75, 3.05) is 12.3 Å². The number of amides is 1. The third kappa shape index (κ3) is 6.52. The Morgan fingerprint density at radius 1 is 1.60 bits per heavy atom. The summed E-state index contributed by atoms with van der Waals surface area (Å²) >= 11 is 1.04. The van der Waals surface area contributed by atoms with Gasteiger partial charge in [-0.1, -0.05) is 25.6 Å². The zero-order valence-corrected chi connectivity index (χ0v) is 10.2. The van der Waals surface area contributed by atoms with Gasteiger partial charge in [0.1, 0.15) is 0 Å². The van der Waals surface area contributed by atoms with Gasteiger partial charge in [0.05, 0.1) is 13.4 Å². The lowest BCUT2D eigenvalue weighted by molar-refractivity contribution is -0.119. The molecular formula is C10H19NO3S. The molecule has 0 saturated carbocycles. The number of thioether (sulfide) groups is 1. The van der Waals surface area contributed by atoms with Crippen molar-refractivity contribution < 1.29 is 16.1 Å². The molecule has 0 radical (unpaired) electrons. The number of nitrogens with one attached hydrogen (secondary N) is 1. The summed E-state index contributed by atoms with van der Waals surface area (Å²) in [6.45, 7) is 5.04. The third-order valence-electron chi connectivity index (χ3n) is 1.94. The van der Waals surface area contributed by atoms with Crippen LogP contribution in [0, 0.1) is 5.92 Å². The molecule has 0 aliphatic rings. The topological polar surface area (TPSA) is 66.4 Å². The lowest BCUT2D eigenvalue weighted by Gasteiger charge is -2.15. The fraction of sp³-hybridized carbons (Fsp3) is 0.800. The van der Waals surface area contributed by atoms with E-state index in [-0.39, 0.29) is 17.4 Å². The van der Waals surface area contributed by atoms with Crippen molar-refractivity contribution in [1.29, 1.82) is 0 Å². The van der Waals surface area contributed by atoms with Gasteiger partial charge in [-0.15, -0.1) is 0 Å². The quantitative estimate of drug-likeness (QED) is 0.528. The zero-order valence-electron chi connectivity index (χ0n) is 10.4. The van der Waals surface area contributed by atoms with E-state index in [1.807, 2.05) is 0 Å². The summed E-state index contributed by atoms with van der Waals surface area (Å²) in [5.41, 5.74) is 0. The fourth-order valence-electron chi connectivity index (χ4n) is 0.946. The van der Waals surface area contributed by atoms with Crippen LogP contribution in [0.3, 0.4) is 0 Å². The van der Waals surface area contributed by atoms with Gasteiger partial charge in [-0.25, -0.2) is 0 Å². The predicted molar refractivity (Wildman–Crippen MR) is 61.6 cm³/mol. The van der Waals surface area contributed by atoms with Crippen LogP contribution in [0.25, 0.3) is 0 Å². The number of rotatable bonds is 6. The van der Waals surface area contributed by atoms with E-state index in [0.29, 0.717) is 12.3 Å². The second-order valence-corrected chi connectivity index (χ2v) is 4.32. The van der Waals surface area contributed by atoms with E-state index >= 15 is 0 Å². The normalized spacial score (nSPS) is 17.5. The van der Waals surface area contributed by atoms with Crippen molar-refractivity contribution in [3.05, 3.63) is 0 Å². The Hall–Kier alpha value is -0.550. The molecule has 0 aromatic heterocycles. The third-order valence-corrected chi connectivity index (χ3v) is 2.98. The van der Waals surface area contributed by atoms with Crippen molar-refractivity contribution in [3.63, 3.8) is 0 Å². The Morgan fingerprint density at radius 2 is 2.20 bits per heavy atom. The average molecular weight is 236 g/mol. The van der Waals surface area contributed by atoms with Gasteiger partial charge in [-0.05, 0) is 6.42 Å². The summed E-state index contributed by atoms with van der Waals surface area (Å²) in [7, 11) is 0. The van der Waals surface area contributed by atoms with Gasteiger partial charge in [0, 0.05) is 19.2 Å². The van der Waals surface area contributed by atoms with Crippen LogP contribution >= 0.6 is 11.8 Å². The number of carbonyl (C=O) groups excluding carboxylic acids is 2. The minimum atomic E-state index is -1.70. The second kappa shape index (κ2) is 7.70. The molecule has 5 heteroatoms. The van der Waals surface area contributed by atoms with Crippen molar-refractivity contribution >= 4 is 22.8 Å². The SMILES string of the molecule is [2H][13C@@](O)(CC)[13C@H](C)C(=O)SCCNC(C)=O. The summed E-state index contributed by atoms with van der Waals surface area (Å²) < 4.78 is 7.51. The molecule has 0 aromatic rings. The lowest BCUT2D eigenvalue weighted by Crippen LogP contribution is -2.26. The first kappa shape index (κ1) is 12.5. The van der Waals surface area contributed by atoms with Crippen molar-refractivity contribution in [1.82, 2.24) is 5.32 Å². The molecule has 0 aliphatic heterocycles. The standard InChI is InChI=1S/C10H19NO3S/c1-4-9(13)7(2)10(14)15-6-5-11-8(3)12/h7,9,13H,4-6H2,1-3H3,(H,11,12)/t7-,9+/m0/s1/i7+1,9+1D. The summed E-state index contributed by atoms with van der Waals surface area (Å²) in [4.78, 5) is 22.1. The summed E-state index contributed by atoms with van der Waals surface area (Å²) in [5, 5.41) is 11.9. The van der Waals surface area contributed by atoms with Crippen LogP contribution in [-0.4, -0.2) is 34.5 Å². The molecule has 4 nitrogen and oxygen atoms in total. The Balaban J connectivity index is 3.93. The molecule has 2 atom stereocenters. The molecule has 0 aromatic carbocycles. The van der Waals surface area contributed by atoms with Gasteiger partial charge in [0.2, 0.25) is 5.91 Å². The van der Waals surface area contributed by atoms with E-state index in [4.69, 9.17) is 1.37 Å². The van der Waals surface area contributed by atoms with E-state index in [1.54, 1.807) is 13.8 Å². The van der Waals surface area contributed by atoms with Gasteiger partial charge in [0.25, 0.3) is 0 Å². The van der Waals surface area contributed by atoms with E-state index in [9.17, 15) is 14.7 Å². The number of carbonyl (C=O) groups is 2. The molecule has 0 unspecified atom stereocenters. The molecule has 88 valence electrons. The highest BCUT2D eigenvalue weighted by Gasteiger charge is 2.20. The Bertz CT molecular complexity index is 258. The van der Waals surface area contributed by atoms with Crippen LogP contribution < -0.4 is 5.32 Å². The van der Waals surface area contributed by atoms with Crippen molar-refractivity contribution in [2.45, 2.75) is 33.3 Å². The lowest BCUT2D eigenvalue weighted by atomic mass is 10.5. The van der Waals surface area contributed by atoms with Crippen LogP contribution in [0.5, 0.6) is 0 Å². The zero-order chi connectivity index (χ0) is 12.8. The van der Waals surface area contributed by atoms with Gasteiger partial charge < -0.3 is 10.4 Å². The molecule has 2 N–H and O–H groups in total. The fourth-order valence-corrected chi connectivity index (χ4v) is 1.74. The van der Waals surface area contributed by atoms with Crippen LogP contribution in [-0.2, 0) is 9.59 Å². The second-order valence-electron chi connectivity index (χ2n) is 3.22. The first-order chi connectivity index (χ1) is 7.31. The number of hydrogen-bond donors (Lipinski definition) is 2. The minimum absolute atomic E-state index is 0.133. The van der Waals surface area contributed by atoms with Crippen LogP contribution in [0.1, 0.15) is 28.6 Å². The first-order valence-corrected chi connectivity index (χ1v) is 5.93. The van der Waals surface area contributed by atoms with Crippen molar-refractivity contribution in [3.8, 4) is 0 Å². The van der Waals surface area contributed by atoms with Gasteiger partial charge >= 0.3 is 0 Å². The Kier molecular flexibility index (Phi) is 6.43. The van der Waals surface area contributed by atoms with E-state index in [2.05, 4.69) is 5.32 Å². The van der Waals surface area contributed by atoms with Crippen LogP contribution in [0.15, 0.2) is 0 Å².